The predicted octanol–water partition coefficient (Wildman–Crippen LogP) is 12.9. The van der Waals surface area contributed by atoms with Crippen molar-refractivity contribution in [3.05, 3.63) is 152 Å². The van der Waals surface area contributed by atoms with E-state index in [2.05, 4.69) is 157 Å². The molecule has 2 aromatic heterocycles. The number of furan rings is 2. The lowest BCUT2D eigenvalue weighted by Crippen LogP contribution is -2.10. The summed E-state index contributed by atoms with van der Waals surface area (Å²) in [6.07, 6.45) is 0. The van der Waals surface area contributed by atoms with Crippen molar-refractivity contribution < 1.29 is 8.83 Å². The molecular formula is C44H25NO2. The van der Waals surface area contributed by atoms with Gasteiger partial charge in [0.25, 0.3) is 0 Å². The van der Waals surface area contributed by atoms with Crippen LogP contribution < -0.4 is 4.90 Å². The normalized spacial score (nSPS) is 12.3. The van der Waals surface area contributed by atoms with Gasteiger partial charge in [0.05, 0.1) is 0 Å². The molecule has 0 bridgehead atoms. The molecule has 11 rings (SSSR count). The lowest BCUT2D eigenvalue weighted by atomic mass is 9.92. The van der Waals surface area contributed by atoms with Crippen molar-refractivity contribution in [2.24, 2.45) is 0 Å². The Bertz CT molecular complexity index is 2910. The second-order valence-corrected chi connectivity index (χ2v) is 12.5. The summed E-state index contributed by atoms with van der Waals surface area (Å²) >= 11 is 0. The Balaban J connectivity index is 1.16. The summed E-state index contributed by atoms with van der Waals surface area (Å²) in [5.41, 5.74) is 11.7. The highest BCUT2D eigenvalue weighted by Crippen LogP contribution is 2.50. The molecule has 0 amide bonds. The van der Waals surface area contributed by atoms with Crippen LogP contribution in [-0.4, -0.2) is 0 Å². The Kier molecular flexibility index (Phi) is 4.84. The number of benzene rings is 8. The zero-order chi connectivity index (χ0) is 30.6. The van der Waals surface area contributed by atoms with Crippen molar-refractivity contribution in [3.8, 4) is 22.3 Å². The Morgan fingerprint density at radius 3 is 1.89 bits per heavy atom. The van der Waals surface area contributed by atoms with Crippen LogP contribution in [0.5, 0.6) is 0 Å². The summed E-state index contributed by atoms with van der Waals surface area (Å²) in [6.45, 7) is 0. The van der Waals surface area contributed by atoms with Gasteiger partial charge < -0.3 is 13.7 Å². The molecule has 10 aromatic rings. The van der Waals surface area contributed by atoms with Crippen LogP contribution in [0.3, 0.4) is 0 Å². The van der Waals surface area contributed by atoms with E-state index in [4.69, 9.17) is 8.83 Å². The van der Waals surface area contributed by atoms with Crippen molar-refractivity contribution >= 4 is 82.5 Å². The van der Waals surface area contributed by atoms with Crippen molar-refractivity contribution in [3.63, 3.8) is 0 Å². The highest BCUT2D eigenvalue weighted by molar-refractivity contribution is 6.28. The van der Waals surface area contributed by atoms with Crippen LogP contribution >= 0.6 is 0 Å². The van der Waals surface area contributed by atoms with Crippen LogP contribution in [0.15, 0.2) is 160 Å². The molecule has 0 saturated carbocycles. The second kappa shape index (κ2) is 9.12. The fourth-order valence-electron chi connectivity index (χ4n) is 7.88. The van der Waals surface area contributed by atoms with E-state index in [0.29, 0.717) is 0 Å². The second-order valence-electron chi connectivity index (χ2n) is 12.5. The maximum Gasteiger partial charge on any atom is 0.137 e. The minimum atomic E-state index is 0.873. The van der Waals surface area contributed by atoms with Crippen molar-refractivity contribution in [2.45, 2.75) is 0 Å². The van der Waals surface area contributed by atoms with Crippen LogP contribution in [0.2, 0.25) is 0 Å². The van der Waals surface area contributed by atoms with E-state index in [9.17, 15) is 0 Å². The first-order valence-corrected chi connectivity index (χ1v) is 16.0. The van der Waals surface area contributed by atoms with Crippen LogP contribution in [0.4, 0.5) is 17.1 Å². The van der Waals surface area contributed by atoms with E-state index in [-0.39, 0.29) is 0 Å². The van der Waals surface area contributed by atoms with Crippen molar-refractivity contribution in [2.75, 3.05) is 4.90 Å². The fraction of sp³-hybridized carbons (Fsp3) is 0. The Labute approximate surface area is 269 Å². The minimum absolute atomic E-state index is 0.873. The smallest absolute Gasteiger partial charge is 0.137 e. The minimum Gasteiger partial charge on any atom is -0.456 e. The van der Waals surface area contributed by atoms with Gasteiger partial charge in [-0.05, 0) is 99.1 Å². The Morgan fingerprint density at radius 2 is 1.00 bits per heavy atom. The molecule has 3 heteroatoms. The number of hydrogen-bond acceptors (Lipinski definition) is 3. The van der Waals surface area contributed by atoms with E-state index in [0.717, 1.165) is 50.2 Å². The first-order valence-electron chi connectivity index (χ1n) is 16.0. The molecule has 8 aromatic carbocycles. The summed E-state index contributed by atoms with van der Waals surface area (Å²) in [6, 6.07) is 54.3. The fourth-order valence-corrected chi connectivity index (χ4v) is 7.88. The van der Waals surface area contributed by atoms with Gasteiger partial charge in [0, 0.05) is 50.1 Å². The monoisotopic (exact) mass is 599 g/mol. The molecule has 0 spiro atoms. The average molecular weight is 600 g/mol. The van der Waals surface area contributed by atoms with E-state index >= 15 is 0 Å². The zero-order valence-corrected chi connectivity index (χ0v) is 25.2. The SMILES string of the molecule is c1ccc(N(c2ccc3c(c2)-c2cccc4ccc5oc6cccc-3c6c5c24)c2ccc3c(c2)oc2cc4ccccc4cc23)cc1. The molecule has 0 radical (unpaired) electrons. The molecule has 47 heavy (non-hydrogen) atoms. The molecule has 0 aliphatic heterocycles. The lowest BCUT2D eigenvalue weighted by Gasteiger charge is -2.26. The predicted molar refractivity (Wildman–Crippen MR) is 195 cm³/mol. The first-order chi connectivity index (χ1) is 23.3. The zero-order valence-electron chi connectivity index (χ0n) is 25.2. The summed E-state index contributed by atoms with van der Waals surface area (Å²) in [4.78, 5) is 2.33. The average Bonchev–Trinajstić information content (AvgIpc) is 3.65. The third kappa shape index (κ3) is 3.46. The molecule has 0 fully saturated rings. The third-order valence-corrected chi connectivity index (χ3v) is 9.94. The lowest BCUT2D eigenvalue weighted by molar-refractivity contribution is 0.669. The van der Waals surface area contributed by atoms with Crippen LogP contribution in [0.1, 0.15) is 0 Å². The van der Waals surface area contributed by atoms with Crippen LogP contribution in [0, 0.1) is 0 Å². The maximum absolute atomic E-state index is 6.52. The molecule has 3 nitrogen and oxygen atoms in total. The van der Waals surface area contributed by atoms with Gasteiger partial charge in [-0.25, -0.2) is 0 Å². The van der Waals surface area contributed by atoms with Gasteiger partial charge in [-0.3, -0.25) is 0 Å². The standard InChI is InChI=1S/C44H25NO2/c1-2-11-29(12-3-1)45(31-18-20-33-37-22-27-8-4-5-9-28(27)23-40(37)47-41(33)25-31)30-17-19-32-34-14-7-15-38-43(34)44-39(46-38)21-16-26-10-6-13-35(42(26)44)36(32)24-30/h1-25H. The first kappa shape index (κ1) is 24.9. The number of para-hydroxylation sites is 1. The van der Waals surface area contributed by atoms with Gasteiger partial charge in [0.15, 0.2) is 0 Å². The number of hydrogen-bond donors (Lipinski definition) is 0. The van der Waals surface area contributed by atoms with Crippen LogP contribution in [-0.2, 0) is 0 Å². The van der Waals surface area contributed by atoms with E-state index in [1.807, 2.05) is 0 Å². The van der Waals surface area contributed by atoms with E-state index in [1.165, 1.54) is 54.6 Å². The summed E-state index contributed by atoms with van der Waals surface area (Å²) in [7, 11) is 0. The summed E-state index contributed by atoms with van der Waals surface area (Å²) in [5, 5.41) is 9.50. The Morgan fingerprint density at radius 1 is 0.319 bits per heavy atom. The van der Waals surface area contributed by atoms with Gasteiger partial charge in [-0.15, -0.1) is 0 Å². The third-order valence-electron chi connectivity index (χ3n) is 9.94. The van der Waals surface area contributed by atoms with Gasteiger partial charge in [0.1, 0.15) is 22.3 Å². The quantitative estimate of drug-likeness (QED) is 0.202. The van der Waals surface area contributed by atoms with Gasteiger partial charge in [0.2, 0.25) is 0 Å². The van der Waals surface area contributed by atoms with Crippen molar-refractivity contribution in [1.29, 1.82) is 0 Å². The molecule has 0 atom stereocenters. The van der Waals surface area contributed by atoms with Gasteiger partial charge in [-0.1, -0.05) is 84.9 Å². The number of fused-ring (bicyclic) bond motifs is 7. The highest BCUT2D eigenvalue weighted by Gasteiger charge is 2.25. The molecule has 0 saturated heterocycles. The molecule has 2 heterocycles. The maximum atomic E-state index is 6.52. The van der Waals surface area contributed by atoms with Gasteiger partial charge in [-0.2, -0.15) is 0 Å². The molecular weight excluding hydrogens is 574 g/mol. The van der Waals surface area contributed by atoms with Crippen molar-refractivity contribution in [1.82, 2.24) is 0 Å². The van der Waals surface area contributed by atoms with E-state index in [1.54, 1.807) is 0 Å². The van der Waals surface area contributed by atoms with E-state index < -0.39 is 0 Å². The summed E-state index contributed by atoms with van der Waals surface area (Å²) < 4.78 is 12.9. The van der Waals surface area contributed by atoms with Crippen LogP contribution in [0.25, 0.3) is 87.7 Å². The molecule has 0 N–H and O–H groups in total. The Hall–Kier alpha value is -6.32. The number of anilines is 3. The summed E-state index contributed by atoms with van der Waals surface area (Å²) in [5.74, 6) is 0. The number of nitrogens with zero attached hydrogens (tertiary/aromatic N) is 1. The number of rotatable bonds is 3. The van der Waals surface area contributed by atoms with Gasteiger partial charge >= 0.3 is 0 Å². The molecule has 218 valence electrons. The molecule has 0 unspecified atom stereocenters. The largest absolute Gasteiger partial charge is 0.456 e. The topological polar surface area (TPSA) is 29.5 Å². The highest BCUT2D eigenvalue weighted by atomic mass is 16.3. The molecule has 1 aliphatic rings. The molecule has 1 aliphatic carbocycles.